The quantitative estimate of drug-likeness (QED) is 0.749. The SMILES string of the molecule is Cc1cc2ccncc2n1CC1(O)CCN(C(=O)c2cc(C(C)C)on2)CC1. The van der Waals surface area contributed by atoms with Crippen LogP contribution in [0.25, 0.3) is 10.9 Å². The van der Waals surface area contributed by atoms with Crippen molar-refractivity contribution in [2.24, 2.45) is 0 Å². The van der Waals surface area contributed by atoms with E-state index in [9.17, 15) is 9.90 Å². The van der Waals surface area contributed by atoms with Gasteiger partial charge in [-0.15, -0.1) is 0 Å². The van der Waals surface area contributed by atoms with Crippen molar-refractivity contribution in [2.75, 3.05) is 13.1 Å². The van der Waals surface area contributed by atoms with Crippen LogP contribution in [0.5, 0.6) is 0 Å². The standard InChI is InChI=1S/C21H26N4O3/c1-14(2)19-11-17(23-28-19)20(26)24-8-5-21(27,6-9-24)13-25-15(3)10-16-4-7-22-12-18(16)25/h4,7,10-12,14,27H,5-6,8-9,13H2,1-3H3. The predicted octanol–water partition coefficient (Wildman–Crippen LogP) is 3.12. The van der Waals surface area contributed by atoms with Crippen LogP contribution in [0.2, 0.25) is 0 Å². The maximum absolute atomic E-state index is 12.7. The lowest BCUT2D eigenvalue weighted by atomic mass is 9.91. The lowest BCUT2D eigenvalue weighted by molar-refractivity contribution is -0.0288. The Morgan fingerprint density at radius 3 is 2.75 bits per heavy atom. The molecule has 1 amide bonds. The Labute approximate surface area is 163 Å². The molecule has 0 spiro atoms. The Balaban J connectivity index is 1.45. The fourth-order valence-electron chi connectivity index (χ4n) is 3.85. The van der Waals surface area contributed by atoms with E-state index < -0.39 is 5.60 Å². The van der Waals surface area contributed by atoms with Gasteiger partial charge in [0, 0.05) is 42.4 Å². The van der Waals surface area contributed by atoms with Crippen molar-refractivity contribution in [3.8, 4) is 0 Å². The predicted molar refractivity (Wildman–Crippen MR) is 105 cm³/mol. The fourth-order valence-corrected chi connectivity index (χ4v) is 3.85. The number of rotatable bonds is 4. The minimum absolute atomic E-state index is 0.135. The smallest absolute Gasteiger partial charge is 0.276 e. The molecule has 148 valence electrons. The molecule has 7 heteroatoms. The van der Waals surface area contributed by atoms with Crippen LogP contribution in [0.4, 0.5) is 0 Å². The van der Waals surface area contributed by atoms with E-state index in [1.165, 1.54) is 0 Å². The topological polar surface area (TPSA) is 84.4 Å². The van der Waals surface area contributed by atoms with Crippen LogP contribution in [0.15, 0.2) is 35.1 Å². The van der Waals surface area contributed by atoms with Crippen LogP contribution in [0.3, 0.4) is 0 Å². The highest BCUT2D eigenvalue weighted by molar-refractivity contribution is 5.92. The molecule has 0 unspecified atom stereocenters. The zero-order valence-electron chi connectivity index (χ0n) is 16.6. The molecule has 3 aromatic rings. The minimum atomic E-state index is -0.851. The number of aromatic nitrogens is 3. The number of carbonyl (C=O) groups excluding carboxylic acids is 1. The number of aliphatic hydroxyl groups is 1. The van der Waals surface area contributed by atoms with E-state index in [0.717, 1.165) is 16.6 Å². The Morgan fingerprint density at radius 1 is 1.32 bits per heavy atom. The van der Waals surface area contributed by atoms with Crippen molar-refractivity contribution in [1.82, 2.24) is 19.6 Å². The number of hydrogen-bond acceptors (Lipinski definition) is 5. The molecule has 3 aromatic heterocycles. The molecule has 1 N–H and O–H groups in total. The molecule has 4 heterocycles. The Bertz CT molecular complexity index is 996. The van der Waals surface area contributed by atoms with E-state index in [4.69, 9.17) is 4.52 Å². The first kappa shape index (κ1) is 18.7. The summed E-state index contributed by atoms with van der Waals surface area (Å²) in [5.74, 6) is 0.763. The van der Waals surface area contributed by atoms with Crippen LogP contribution < -0.4 is 0 Å². The van der Waals surface area contributed by atoms with Crippen LogP contribution in [-0.2, 0) is 6.54 Å². The second-order valence-electron chi connectivity index (χ2n) is 8.09. The molecule has 0 bridgehead atoms. The number of aryl methyl sites for hydroxylation is 1. The van der Waals surface area contributed by atoms with Crippen molar-refractivity contribution in [2.45, 2.75) is 51.7 Å². The summed E-state index contributed by atoms with van der Waals surface area (Å²) in [6.45, 7) is 7.53. The largest absolute Gasteiger partial charge is 0.388 e. The van der Waals surface area contributed by atoms with Crippen LogP contribution in [0, 0.1) is 6.92 Å². The average molecular weight is 382 g/mol. The van der Waals surface area contributed by atoms with Gasteiger partial charge < -0.3 is 19.1 Å². The van der Waals surface area contributed by atoms with Crippen LogP contribution in [-0.4, -0.2) is 49.3 Å². The summed E-state index contributed by atoms with van der Waals surface area (Å²) in [4.78, 5) is 18.7. The third-order valence-corrected chi connectivity index (χ3v) is 5.66. The van der Waals surface area contributed by atoms with E-state index in [1.54, 1.807) is 17.2 Å². The second-order valence-corrected chi connectivity index (χ2v) is 8.09. The normalized spacial score (nSPS) is 16.8. The molecule has 0 aromatic carbocycles. The van der Waals surface area contributed by atoms with Gasteiger partial charge in [-0.05, 0) is 31.9 Å². The highest BCUT2D eigenvalue weighted by atomic mass is 16.5. The van der Waals surface area contributed by atoms with Gasteiger partial charge in [0.1, 0.15) is 5.76 Å². The second kappa shape index (κ2) is 7.05. The summed E-state index contributed by atoms with van der Waals surface area (Å²) in [6.07, 6.45) is 4.65. The molecule has 1 aliphatic heterocycles. The van der Waals surface area contributed by atoms with Gasteiger partial charge in [-0.1, -0.05) is 19.0 Å². The number of pyridine rings is 1. The first-order valence-corrected chi connectivity index (χ1v) is 9.74. The molecule has 1 aliphatic rings. The molecule has 0 aliphatic carbocycles. The molecular weight excluding hydrogens is 356 g/mol. The Hall–Kier alpha value is -2.67. The van der Waals surface area contributed by atoms with E-state index in [1.807, 2.05) is 33.0 Å². The minimum Gasteiger partial charge on any atom is -0.388 e. The van der Waals surface area contributed by atoms with E-state index in [0.29, 0.717) is 43.9 Å². The van der Waals surface area contributed by atoms with Crippen molar-refractivity contribution in [3.05, 3.63) is 47.7 Å². The van der Waals surface area contributed by atoms with Crippen molar-refractivity contribution >= 4 is 16.8 Å². The zero-order valence-corrected chi connectivity index (χ0v) is 16.6. The van der Waals surface area contributed by atoms with Crippen molar-refractivity contribution in [3.63, 3.8) is 0 Å². The summed E-state index contributed by atoms with van der Waals surface area (Å²) in [5.41, 5.74) is 1.61. The molecule has 0 saturated carbocycles. The number of hydrogen-bond donors (Lipinski definition) is 1. The number of nitrogens with zero attached hydrogens (tertiary/aromatic N) is 4. The zero-order chi connectivity index (χ0) is 19.9. The van der Waals surface area contributed by atoms with Gasteiger partial charge in [0.25, 0.3) is 5.91 Å². The summed E-state index contributed by atoms with van der Waals surface area (Å²) < 4.78 is 7.36. The summed E-state index contributed by atoms with van der Waals surface area (Å²) in [7, 11) is 0. The Kier molecular flexibility index (Phi) is 4.71. The van der Waals surface area contributed by atoms with Crippen LogP contribution in [0.1, 0.15) is 54.5 Å². The van der Waals surface area contributed by atoms with Crippen LogP contribution >= 0.6 is 0 Å². The highest BCUT2D eigenvalue weighted by Gasteiger charge is 2.35. The van der Waals surface area contributed by atoms with Gasteiger partial charge in [-0.2, -0.15) is 0 Å². The third kappa shape index (κ3) is 3.42. The maximum atomic E-state index is 12.7. The molecule has 4 rings (SSSR count). The molecule has 0 atom stereocenters. The van der Waals surface area contributed by atoms with E-state index in [2.05, 4.69) is 20.8 Å². The van der Waals surface area contributed by atoms with Gasteiger partial charge in [0.05, 0.1) is 23.9 Å². The third-order valence-electron chi connectivity index (χ3n) is 5.66. The molecule has 1 fully saturated rings. The van der Waals surface area contributed by atoms with Crippen molar-refractivity contribution in [1.29, 1.82) is 0 Å². The van der Waals surface area contributed by atoms with E-state index in [-0.39, 0.29) is 11.8 Å². The lowest BCUT2D eigenvalue weighted by Crippen LogP contribution is -2.48. The number of amides is 1. The maximum Gasteiger partial charge on any atom is 0.276 e. The molecular formula is C21H26N4O3. The van der Waals surface area contributed by atoms with Gasteiger partial charge in [-0.25, -0.2) is 0 Å². The number of carbonyl (C=O) groups is 1. The van der Waals surface area contributed by atoms with Gasteiger partial charge >= 0.3 is 0 Å². The molecule has 7 nitrogen and oxygen atoms in total. The molecule has 28 heavy (non-hydrogen) atoms. The Morgan fingerprint density at radius 2 is 2.07 bits per heavy atom. The van der Waals surface area contributed by atoms with E-state index >= 15 is 0 Å². The average Bonchev–Trinajstić information content (AvgIpc) is 3.28. The summed E-state index contributed by atoms with van der Waals surface area (Å²) >= 11 is 0. The first-order valence-electron chi connectivity index (χ1n) is 9.74. The lowest BCUT2D eigenvalue weighted by Gasteiger charge is -2.38. The molecule has 1 saturated heterocycles. The highest BCUT2D eigenvalue weighted by Crippen LogP contribution is 2.28. The number of piperidine rings is 1. The monoisotopic (exact) mass is 382 g/mol. The summed E-state index contributed by atoms with van der Waals surface area (Å²) in [6, 6.07) is 5.81. The van der Waals surface area contributed by atoms with Gasteiger partial charge in [0.15, 0.2) is 5.69 Å². The van der Waals surface area contributed by atoms with Gasteiger partial charge in [-0.3, -0.25) is 9.78 Å². The summed E-state index contributed by atoms with van der Waals surface area (Å²) in [5, 5.41) is 16.2. The van der Waals surface area contributed by atoms with Gasteiger partial charge in [0.2, 0.25) is 0 Å². The van der Waals surface area contributed by atoms with Crippen molar-refractivity contribution < 1.29 is 14.4 Å². The molecule has 0 radical (unpaired) electrons. The number of likely N-dealkylation sites (tertiary alicyclic amines) is 1. The first-order chi connectivity index (χ1) is 13.4. The fraction of sp³-hybridized carbons (Fsp3) is 0.476. The number of fused-ring (bicyclic) bond motifs is 1.